The van der Waals surface area contributed by atoms with Crippen LogP contribution in [0.2, 0.25) is 0 Å². The topological polar surface area (TPSA) is 134 Å². The number of aryl methyl sites for hydroxylation is 1. The zero-order valence-corrected chi connectivity index (χ0v) is 11.6. The van der Waals surface area contributed by atoms with Gasteiger partial charge in [-0.2, -0.15) is 0 Å². The predicted octanol–water partition coefficient (Wildman–Crippen LogP) is -0.420. The van der Waals surface area contributed by atoms with Crippen LogP contribution >= 0.6 is 0 Å². The molecule has 9 heteroatoms. The Hall–Kier alpha value is -2.58. The number of nitrogens with one attached hydrogen (secondary N) is 2. The molecule has 0 saturated carbocycles. The summed E-state index contributed by atoms with van der Waals surface area (Å²) in [5, 5.41) is 22.2. The van der Waals surface area contributed by atoms with Crippen LogP contribution in [0, 0.1) is 0 Å². The van der Waals surface area contributed by atoms with Crippen molar-refractivity contribution in [3.05, 3.63) is 18.2 Å². The standard InChI is InChI=1S/C12H18N4O5/c1-16-7-6-13-9(16)4-5-14-12(21)15-8(11(19)20)2-3-10(17)18/h6-8H,2-5H2,1H3,(H,17,18)(H,19,20)(H2,14,15,21)/t8-/m0/s1. The van der Waals surface area contributed by atoms with Gasteiger partial charge in [0.05, 0.1) is 0 Å². The number of urea groups is 1. The molecule has 0 aliphatic heterocycles. The summed E-state index contributed by atoms with van der Waals surface area (Å²) < 4.78 is 1.81. The van der Waals surface area contributed by atoms with Crippen molar-refractivity contribution >= 4 is 18.0 Å². The fraction of sp³-hybridized carbons (Fsp3) is 0.500. The van der Waals surface area contributed by atoms with Crippen molar-refractivity contribution in [2.24, 2.45) is 7.05 Å². The first kappa shape index (κ1) is 16.5. The number of amides is 2. The monoisotopic (exact) mass is 298 g/mol. The van der Waals surface area contributed by atoms with Gasteiger partial charge >= 0.3 is 18.0 Å². The number of carbonyl (C=O) groups is 3. The van der Waals surface area contributed by atoms with Crippen LogP contribution in [0.3, 0.4) is 0 Å². The van der Waals surface area contributed by atoms with Crippen LogP contribution in [-0.2, 0) is 23.1 Å². The highest BCUT2D eigenvalue weighted by atomic mass is 16.4. The largest absolute Gasteiger partial charge is 0.481 e. The third kappa shape index (κ3) is 5.93. The fourth-order valence-electron chi connectivity index (χ4n) is 1.66. The predicted molar refractivity (Wildman–Crippen MR) is 71.7 cm³/mol. The van der Waals surface area contributed by atoms with E-state index in [2.05, 4.69) is 15.6 Å². The highest BCUT2D eigenvalue weighted by Crippen LogP contribution is 1.98. The molecule has 9 nitrogen and oxygen atoms in total. The third-order valence-electron chi connectivity index (χ3n) is 2.81. The van der Waals surface area contributed by atoms with Gasteiger partial charge < -0.3 is 25.4 Å². The molecule has 1 atom stereocenters. The number of imidazole rings is 1. The summed E-state index contributed by atoms with van der Waals surface area (Å²) in [5.41, 5.74) is 0. The molecule has 0 radical (unpaired) electrons. The quantitative estimate of drug-likeness (QED) is 0.515. The van der Waals surface area contributed by atoms with Crippen molar-refractivity contribution in [2.75, 3.05) is 6.54 Å². The SMILES string of the molecule is Cn1ccnc1CCNC(=O)N[C@@H](CCC(=O)O)C(=O)O. The highest BCUT2D eigenvalue weighted by Gasteiger charge is 2.20. The number of rotatable bonds is 8. The molecular formula is C12H18N4O5. The maximum absolute atomic E-state index is 11.6. The van der Waals surface area contributed by atoms with Crippen molar-refractivity contribution < 1.29 is 24.6 Å². The lowest BCUT2D eigenvalue weighted by molar-refractivity contribution is -0.140. The summed E-state index contributed by atoms with van der Waals surface area (Å²) in [5.74, 6) is -1.59. The lowest BCUT2D eigenvalue weighted by atomic mass is 10.1. The molecule has 0 unspecified atom stereocenters. The van der Waals surface area contributed by atoms with Crippen molar-refractivity contribution in [3.63, 3.8) is 0 Å². The Balaban J connectivity index is 2.34. The number of aromatic nitrogens is 2. The molecule has 2 amide bonds. The minimum atomic E-state index is -1.27. The van der Waals surface area contributed by atoms with E-state index in [0.717, 1.165) is 5.82 Å². The molecule has 0 spiro atoms. The van der Waals surface area contributed by atoms with E-state index in [9.17, 15) is 14.4 Å². The first-order chi connectivity index (χ1) is 9.90. The molecule has 4 N–H and O–H groups in total. The minimum Gasteiger partial charge on any atom is -0.481 e. The van der Waals surface area contributed by atoms with E-state index >= 15 is 0 Å². The van der Waals surface area contributed by atoms with Crippen LogP contribution in [0.25, 0.3) is 0 Å². The Kier molecular flexibility index (Phi) is 6.18. The Morgan fingerprint density at radius 3 is 2.62 bits per heavy atom. The molecule has 1 rings (SSSR count). The van der Waals surface area contributed by atoms with Gasteiger partial charge in [0.15, 0.2) is 0 Å². The van der Waals surface area contributed by atoms with Gasteiger partial charge in [0.25, 0.3) is 0 Å². The van der Waals surface area contributed by atoms with Gasteiger partial charge in [0, 0.05) is 38.8 Å². The van der Waals surface area contributed by atoms with Crippen molar-refractivity contribution in [2.45, 2.75) is 25.3 Å². The van der Waals surface area contributed by atoms with E-state index in [-0.39, 0.29) is 12.8 Å². The fourth-order valence-corrected chi connectivity index (χ4v) is 1.66. The lowest BCUT2D eigenvalue weighted by Crippen LogP contribution is -2.46. The lowest BCUT2D eigenvalue weighted by Gasteiger charge is -2.14. The second-order valence-corrected chi connectivity index (χ2v) is 4.43. The summed E-state index contributed by atoms with van der Waals surface area (Å²) in [4.78, 5) is 37.0. The Labute approximate surface area is 121 Å². The molecule has 0 aliphatic carbocycles. The molecule has 0 aliphatic rings. The van der Waals surface area contributed by atoms with Gasteiger partial charge in [-0.15, -0.1) is 0 Å². The number of hydrogen-bond acceptors (Lipinski definition) is 4. The van der Waals surface area contributed by atoms with E-state index in [1.54, 1.807) is 12.4 Å². The van der Waals surface area contributed by atoms with Crippen LogP contribution < -0.4 is 10.6 Å². The molecule has 0 aromatic carbocycles. The molecule has 1 aromatic rings. The van der Waals surface area contributed by atoms with Crippen molar-refractivity contribution in [3.8, 4) is 0 Å². The molecule has 1 heterocycles. The highest BCUT2D eigenvalue weighted by molar-refractivity contribution is 5.82. The van der Waals surface area contributed by atoms with E-state index in [1.807, 2.05) is 11.6 Å². The second kappa shape index (κ2) is 7.88. The maximum Gasteiger partial charge on any atom is 0.326 e. The normalized spacial score (nSPS) is 11.7. The second-order valence-electron chi connectivity index (χ2n) is 4.43. The minimum absolute atomic E-state index is 0.169. The molecular weight excluding hydrogens is 280 g/mol. The zero-order chi connectivity index (χ0) is 15.8. The number of carbonyl (C=O) groups excluding carboxylic acids is 1. The molecule has 0 bridgehead atoms. The first-order valence-corrected chi connectivity index (χ1v) is 6.35. The Morgan fingerprint density at radius 2 is 2.10 bits per heavy atom. The third-order valence-corrected chi connectivity index (χ3v) is 2.81. The van der Waals surface area contributed by atoms with Crippen LogP contribution in [0.15, 0.2) is 12.4 Å². The van der Waals surface area contributed by atoms with Gasteiger partial charge in [0.2, 0.25) is 0 Å². The molecule has 116 valence electrons. The Morgan fingerprint density at radius 1 is 1.38 bits per heavy atom. The number of carboxylic acids is 2. The summed E-state index contributed by atoms with van der Waals surface area (Å²) in [6.07, 6.45) is 3.43. The number of carboxylic acid groups (broad SMARTS) is 2. The van der Waals surface area contributed by atoms with Crippen LogP contribution in [-0.4, -0.2) is 50.3 Å². The van der Waals surface area contributed by atoms with Gasteiger partial charge in [-0.05, 0) is 6.42 Å². The average Bonchev–Trinajstić information content (AvgIpc) is 2.79. The van der Waals surface area contributed by atoms with E-state index in [1.165, 1.54) is 0 Å². The molecule has 0 fully saturated rings. The molecule has 21 heavy (non-hydrogen) atoms. The van der Waals surface area contributed by atoms with Gasteiger partial charge in [0.1, 0.15) is 11.9 Å². The first-order valence-electron chi connectivity index (χ1n) is 6.35. The van der Waals surface area contributed by atoms with Gasteiger partial charge in [-0.25, -0.2) is 14.6 Å². The van der Waals surface area contributed by atoms with Crippen LogP contribution in [0.5, 0.6) is 0 Å². The van der Waals surface area contributed by atoms with E-state index < -0.39 is 24.0 Å². The summed E-state index contributed by atoms with van der Waals surface area (Å²) >= 11 is 0. The van der Waals surface area contributed by atoms with Crippen molar-refractivity contribution in [1.82, 2.24) is 20.2 Å². The zero-order valence-electron chi connectivity index (χ0n) is 11.6. The number of aliphatic carboxylic acids is 2. The number of hydrogen-bond donors (Lipinski definition) is 4. The summed E-state index contributed by atoms with van der Waals surface area (Å²) in [6, 6.07) is -1.88. The van der Waals surface area contributed by atoms with Crippen LogP contribution in [0.1, 0.15) is 18.7 Å². The summed E-state index contributed by atoms with van der Waals surface area (Å²) in [6.45, 7) is 0.294. The van der Waals surface area contributed by atoms with Gasteiger partial charge in [-0.1, -0.05) is 0 Å². The smallest absolute Gasteiger partial charge is 0.326 e. The Bertz CT molecular complexity index is 514. The summed E-state index contributed by atoms with van der Waals surface area (Å²) in [7, 11) is 1.83. The van der Waals surface area contributed by atoms with Crippen molar-refractivity contribution in [1.29, 1.82) is 0 Å². The van der Waals surface area contributed by atoms with Gasteiger partial charge in [-0.3, -0.25) is 4.79 Å². The van der Waals surface area contributed by atoms with E-state index in [4.69, 9.17) is 10.2 Å². The molecule has 0 saturated heterocycles. The van der Waals surface area contributed by atoms with Crippen LogP contribution in [0.4, 0.5) is 4.79 Å². The average molecular weight is 298 g/mol. The number of nitrogens with zero attached hydrogens (tertiary/aromatic N) is 2. The molecule has 1 aromatic heterocycles. The maximum atomic E-state index is 11.6. The van der Waals surface area contributed by atoms with E-state index in [0.29, 0.717) is 13.0 Å².